The summed E-state index contributed by atoms with van der Waals surface area (Å²) in [4.78, 5) is 11.2. The van der Waals surface area contributed by atoms with E-state index in [1.54, 1.807) is 0 Å². The Hall–Kier alpha value is -0.830. The quantitative estimate of drug-likeness (QED) is 0.624. The Morgan fingerprint density at radius 1 is 1.46 bits per heavy atom. The first-order chi connectivity index (χ1) is 5.84. The van der Waals surface area contributed by atoms with Crippen molar-refractivity contribution in [2.45, 2.75) is 33.8 Å². The molecule has 0 fully saturated rings. The average molecular weight is 184 g/mol. The standard InChI is InChI=1S/C10H16O3/c1-6-5-13-9(12)7(6)8(11)10(2,3)4/h8,11H,5H2,1-4H3/t8-/m1/s1. The highest BCUT2D eigenvalue weighted by atomic mass is 16.5. The minimum Gasteiger partial charge on any atom is -0.458 e. The van der Waals surface area contributed by atoms with E-state index in [2.05, 4.69) is 0 Å². The van der Waals surface area contributed by atoms with Crippen molar-refractivity contribution >= 4 is 5.97 Å². The van der Waals surface area contributed by atoms with Crippen molar-refractivity contribution < 1.29 is 14.6 Å². The fourth-order valence-corrected chi connectivity index (χ4v) is 1.28. The van der Waals surface area contributed by atoms with Gasteiger partial charge in [-0.1, -0.05) is 20.8 Å². The zero-order chi connectivity index (χ0) is 10.2. The fourth-order valence-electron chi connectivity index (χ4n) is 1.28. The van der Waals surface area contributed by atoms with Crippen molar-refractivity contribution in [1.82, 2.24) is 0 Å². The lowest BCUT2D eigenvalue weighted by atomic mass is 9.83. The SMILES string of the molecule is CC1=C([C@@H](O)C(C)(C)C)C(=O)OC1. The normalized spacial score (nSPS) is 20.5. The van der Waals surface area contributed by atoms with Crippen LogP contribution in [0.3, 0.4) is 0 Å². The Morgan fingerprint density at radius 2 is 2.00 bits per heavy atom. The molecule has 0 radical (unpaired) electrons. The van der Waals surface area contributed by atoms with Gasteiger partial charge < -0.3 is 9.84 Å². The first-order valence-electron chi connectivity index (χ1n) is 4.39. The summed E-state index contributed by atoms with van der Waals surface area (Å²) in [5.74, 6) is -0.375. The molecule has 13 heavy (non-hydrogen) atoms. The van der Waals surface area contributed by atoms with Crippen molar-refractivity contribution in [3.05, 3.63) is 11.1 Å². The molecule has 1 aliphatic heterocycles. The van der Waals surface area contributed by atoms with Gasteiger partial charge in [0.25, 0.3) is 0 Å². The number of hydrogen-bond donors (Lipinski definition) is 1. The molecule has 0 aromatic heterocycles. The van der Waals surface area contributed by atoms with E-state index in [-0.39, 0.29) is 11.4 Å². The van der Waals surface area contributed by atoms with Crippen molar-refractivity contribution in [2.75, 3.05) is 6.61 Å². The van der Waals surface area contributed by atoms with E-state index >= 15 is 0 Å². The summed E-state index contributed by atoms with van der Waals surface area (Å²) in [5, 5.41) is 9.87. The number of carbonyl (C=O) groups excluding carboxylic acids is 1. The van der Waals surface area contributed by atoms with E-state index in [4.69, 9.17) is 4.74 Å². The Balaban J connectivity index is 2.94. The average Bonchev–Trinajstić information content (AvgIpc) is 2.28. The van der Waals surface area contributed by atoms with Crippen molar-refractivity contribution in [1.29, 1.82) is 0 Å². The van der Waals surface area contributed by atoms with Gasteiger partial charge in [-0.05, 0) is 17.9 Å². The number of carbonyl (C=O) groups is 1. The molecule has 0 amide bonds. The molecule has 0 spiro atoms. The van der Waals surface area contributed by atoms with Gasteiger partial charge >= 0.3 is 5.97 Å². The molecule has 0 aliphatic carbocycles. The Kier molecular flexibility index (Phi) is 2.48. The lowest BCUT2D eigenvalue weighted by Gasteiger charge is -2.25. The molecule has 74 valence electrons. The molecular weight excluding hydrogens is 168 g/mol. The zero-order valence-electron chi connectivity index (χ0n) is 8.55. The highest BCUT2D eigenvalue weighted by molar-refractivity contribution is 5.92. The molecule has 0 saturated carbocycles. The molecule has 0 aromatic carbocycles. The summed E-state index contributed by atoms with van der Waals surface area (Å²) in [6.07, 6.45) is -0.734. The molecule has 1 rings (SSSR count). The third-order valence-electron chi connectivity index (χ3n) is 2.19. The molecule has 1 aliphatic rings. The first kappa shape index (κ1) is 10.3. The zero-order valence-corrected chi connectivity index (χ0v) is 8.55. The van der Waals surface area contributed by atoms with Crippen LogP contribution in [0.2, 0.25) is 0 Å². The molecule has 0 unspecified atom stereocenters. The van der Waals surface area contributed by atoms with Gasteiger partial charge in [-0.3, -0.25) is 0 Å². The fraction of sp³-hybridized carbons (Fsp3) is 0.700. The van der Waals surface area contributed by atoms with Crippen LogP contribution in [0.5, 0.6) is 0 Å². The molecular formula is C10H16O3. The number of ether oxygens (including phenoxy) is 1. The maximum Gasteiger partial charge on any atom is 0.337 e. The molecule has 3 heteroatoms. The van der Waals surface area contributed by atoms with E-state index < -0.39 is 6.10 Å². The van der Waals surface area contributed by atoms with Crippen LogP contribution in [0.25, 0.3) is 0 Å². The van der Waals surface area contributed by atoms with Crippen LogP contribution in [0.4, 0.5) is 0 Å². The molecule has 1 heterocycles. The van der Waals surface area contributed by atoms with Crippen LogP contribution in [0, 0.1) is 5.41 Å². The van der Waals surface area contributed by atoms with Gasteiger partial charge in [-0.25, -0.2) is 4.79 Å². The van der Waals surface area contributed by atoms with Gasteiger partial charge in [0.1, 0.15) is 6.61 Å². The summed E-state index contributed by atoms with van der Waals surface area (Å²) in [5.41, 5.74) is 0.958. The van der Waals surface area contributed by atoms with Crippen LogP contribution in [0.1, 0.15) is 27.7 Å². The number of aliphatic hydroxyl groups excluding tert-OH is 1. The van der Waals surface area contributed by atoms with Gasteiger partial charge in [0.2, 0.25) is 0 Å². The molecule has 0 aromatic rings. The summed E-state index contributed by atoms with van der Waals surface area (Å²) in [7, 11) is 0. The third-order valence-corrected chi connectivity index (χ3v) is 2.19. The largest absolute Gasteiger partial charge is 0.458 e. The van der Waals surface area contributed by atoms with E-state index in [9.17, 15) is 9.90 Å². The van der Waals surface area contributed by atoms with Crippen molar-refractivity contribution in [2.24, 2.45) is 5.41 Å². The predicted molar refractivity (Wildman–Crippen MR) is 49.1 cm³/mol. The highest BCUT2D eigenvalue weighted by Gasteiger charge is 2.35. The lowest BCUT2D eigenvalue weighted by molar-refractivity contribution is -0.137. The highest BCUT2D eigenvalue weighted by Crippen LogP contribution is 2.30. The lowest BCUT2D eigenvalue weighted by Crippen LogP contribution is -2.30. The van der Waals surface area contributed by atoms with E-state index in [0.29, 0.717) is 12.2 Å². The first-order valence-corrected chi connectivity index (χ1v) is 4.39. The molecule has 1 N–H and O–H groups in total. The van der Waals surface area contributed by atoms with Gasteiger partial charge in [0.05, 0.1) is 11.7 Å². The summed E-state index contributed by atoms with van der Waals surface area (Å²) in [6.45, 7) is 7.81. The number of rotatable bonds is 1. The Morgan fingerprint density at radius 3 is 2.31 bits per heavy atom. The predicted octanol–water partition coefficient (Wildman–Crippen LogP) is 1.27. The van der Waals surface area contributed by atoms with Crippen LogP contribution in [-0.2, 0) is 9.53 Å². The van der Waals surface area contributed by atoms with Gasteiger partial charge in [0, 0.05) is 0 Å². The van der Waals surface area contributed by atoms with Crippen molar-refractivity contribution in [3.8, 4) is 0 Å². The number of cyclic esters (lactones) is 1. The molecule has 1 atom stereocenters. The van der Waals surface area contributed by atoms with Crippen LogP contribution >= 0.6 is 0 Å². The molecule has 3 nitrogen and oxygen atoms in total. The van der Waals surface area contributed by atoms with E-state index in [0.717, 1.165) is 5.57 Å². The second-order valence-corrected chi connectivity index (χ2v) is 4.54. The topological polar surface area (TPSA) is 46.5 Å². The van der Waals surface area contributed by atoms with Gasteiger partial charge in [-0.15, -0.1) is 0 Å². The summed E-state index contributed by atoms with van der Waals surface area (Å²) >= 11 is 0. The second kappa shape index (κ2) is 3.14. The van der Waals surface area contributed by atoms with Crippen LogP contribution < -0.4 is 0 Å². The molecule has 0 saturated heterocycles. The van der Waals surface area contributed by atoms with Crippen molar-refractivity contribution in [3.63, 3.8) is 0 Å². The number of esters is 1. The third kappa shape index (κ3) is 1.91. The van der Waals surface area contributed by atoms with Gasteiger partial charge in [0.15, 0.2) is 0 Å². The minimum absolute atomic E-state index is 0.319. The van der Waals surface area contributed by atoms with E-state index in [1.165, 1.54) is 0 Å². The monoisotopic (exact) mass is 184 g/mol. The molecule has 0 bridgehead atoms. The van der Waals surface area contributed by atoms with Crippen LogP contribution in [0.15, 0.2) is 11.1 Å². The maximum atomic E-state index is 11.2. The smallest absolute Gasteiger partial charge is 0.337 e. The minimum atomic E-state index is -0.734. The Bertz CT molecular complexity index is 258. The second-order valence-electron chi connectivity index (χ2n) is 4.54. The Labute approximate surface area is 78.4 Å². The summed E-state index contributed by atoms with van der Waals surface area (Å²) < 4.78 is 4.82. The van der Waals surface area contributed by atoms with E-state index in [1.807, 2.05) is 27.7 Å². The maximum absolute atomic E-state index is 11.2. The van der Waals surface area contributed by atoms with Gasteiger partial charge in [-0.2, -0.15) is 0 Å². The number of aliphatic hydroxyl groups is 1. The summed E-state index contributed by atoms with van der Waals surface area (Å²) in [6, 6.07) is 0. The number of hydrogen-bond acceptors (Lipinski definition) is 3. The van der Waals surface area contributed by atoms with Crippen LogP contribution in [-0.4, -0.2) is 23.8 Å².